The molecule has 4 nitrogen and oxygen atoms in total. The van der Waals surface area contributed by atoms with Gasteiger partial charge in [0.25, 0.3) is 0 Å². The number of halogens is 1. The van der Waals surface area contributed by atoms with Gasteiger partial charge in [0.2, 0.25) is 0 Å². The van der Waals surface area contributed by atoms with Crippen molar-refractivity contribution < 1.29 is 0 Å². The summed E-state index contributed by atoms with van der Waals surface area (Å²) >= 11 is 6.23. The van der Waals surface area contributed by atoms with Gasteiger partial charge in [-0.25, -0.2) is 0 Å². The summed E-state index contributed by atoms with van der Waals surface area (Å²) in [6, 6.07) is 8.07. The first-order valence-corrected chi connectivity index (χ1v) is 6.18. The number of H-pyrrole nitrogens is 1. The van der Waals surface area contributed by atoms with Crippen LogP contribution in [0.15, 0.2) is 30.5 Å². The predicted octanol–water partition coefficient (Wildman–Crippen LogP) is 3.30. The third-order valence-electron chi connectivity index (χ3n) is 2.80. The molecular weight excluding hydrogens is 248 g/mol. The van der Waals surface area contributed by atoms with Crippen LogP contribution in [0.5, 0.6) is 0 Å². The second kappa shape index (κ2) is 5.31. The molecule has 1 unspecified atom stereocenters. The van der Waals surface area contributed by atoms with E-state index < -0.39 is 0 Å². The molecule has 1 heterocycles. The standard InChI is InChI=1S/C13H17ClN4/c1-9(12-6-7-15-17-12)16-10-4-5-13(18(2)3)11(14)8-10/h4-9,16H,1-3H3,(H,15,17). The number of nitrogens with zero attached hydrogens (tertiary/aromatic N) is 2. The Balaban J connectivity index is 2.13. The van der Waals surface area contributed by atoms with E-state index in [0.717, 1.165) is 22.1 Å². The monoisotopic (exact) mass is 264 g/mol. The fourth-order valence-electron chi connectivity index (χ4n) is 1.79. The van der Waals surface area contributed by atoms with Gasteiger partial charge in [0.1, 0.15) is 0 Å². The Hall–Kier alpha value is -1.68. The molecule has 0 aliphatic heterocycles. The summed E-state index contributed by atoms with van der Waals surface area (Å²) in [5.74, 6) is 0. The molecule has 0 amide bonds. The molecule has 0 bridgehead atoms. The SMILES string of the molecule is CC(Nc1ccc(N(C)C)c(Cl)c1)c1ccn[nH]1. The number of aromatic nitrogens is 2. The molecule has 0 aliphatic carbocycles. The minimum absolute atomic E-state index is 0.161. The second-order valence-corrected chi connectivity index (χ2v) is 4.85. The normalized spacial score (nSPS) is 12.2. The average Bonchev–Trinajstić information content (AvgIpc) is 2.81. The zero-order valence-corrected chi connectivity index (χ0v) is 11.5. The molecule has 0 spiro atoms. The molecule has 0 radical (unpaired) electrons. The summed E-state index contributed by atoms with van der Waals surface area (Å²) < 4.78 is 0. The van der Waals surface area contributed by atoms with Crippen molar-refractivity contribution in [2.45, 2.75) is 13.0 Å². The van der Waals surface area contributed by atoms with E-state index in [-0.39, 0.29) is 6.04 Å². The number of anilines is 2. The maximum atomic E-state index is 6.23. The first-order valence-electron chi connectivity index (χ1n) is 5.80. The van der Waals surface area contributed by atoms with Crippen molar-refractivity contribution in [2.75, 3.05) is 24.3 Å². The highest BCUT2D eigenvalue weighted by Gasteiger charge is 2.08. The van der Waals surface area contributed by atoms with E-state index in [4.69, 9.17) is 11.6 Å². The minimum atomic E-state index is 0.161. The summed E-state index contributed by atoms with van der Waals surface area (Å²) in [5, 5.41) is 11.0. The molecule has 0 fully saturated rings. The summed E-state index contributed by atoms with van der Waals surface area (Å²) in [6.07, 6.45) is 1.75. The van der Waals surface area contributed by atoms with Crippen molar-refractivity contribution in [2.24, 2.45) is 0 Å². The van der Waals surface area contributed by atoms with E-state index in [9.17, 15) is 0 Å². The number of hydrogen-bond donors (Lipinski definition) is 2. The molecule has 0 saturated carbocycles. The largest absolute Gasteiger partial charge is 0.377 e. The number of nitrogens with one attached hydrogen (secondary N) is 2. The van der Waals surface area contributed by atoms with Crippen LogP contribution in [0.1, 0.15) is 18.7 Å². The second-order valence-electron chi connectivity index (χ2n) is 4.44. The van der Waals surface area contributed by atoms with Gasteiger partial charge < -0.3 is 10.2 Å². The number of benzene rings is 1. The smallest absolute Gasteiger partial charge is 0.0659 e. The molecule has 2 rings (SSSR count). The summed E-state index contributed by atoms with van der Waals surface area (Å²) in [7, 11) is 3.95. The molecular formula is C13H17ClN4. The van der Waals surface area contributed by atoms with Gasteiger partial charge in [-0.2, -0.15) is 5.10 Å². The molecule has 0 saturated heterocycles. The molecule has 0 aliphatic rings. The van der Waals surface area contributed by atoms with Crippen LogP contribution in [0.4, 0.5) is 11.4 Å². The van der Waals surface area contributed by atoms with E-state index in [2.05, 4.69) is 22.4 Å². The van der Waals surface area contributed by atoms with Crippen LogP contribution in [0.2, 0.25) is 5.02 Å². The Morgan fingerprint density at radius 1 is 1.33 bits per heavy atom. The highest BCUT2D eigenvalue weighted by molar-refractivity contribution is 6.33. The number of hydrogen-bond acceptors (Lipinski definition) is 3. The number of aromatic amines is 1. The summed E-state index contributed by atoms with van der Waals surface area (Å²) in [6.45, 7) is 2.07. The Morgan fingerprint density at radius 3 is 2.67 bits per heavy atom. The average molecular weight is 265 g/mol. The van der Waals surface area contributed by atoms with Crippen molar-refractivity contribution in [1.82, 2.24) is 10.2 Å². The molecule has 18 heavy (non-hydrogen) atoms. The van der Waals surface area contributed by atoms with Gasteiger partial charge in [-0.15, -0.1) is 0 Å². The Bertz CT molecular complexity index is 508. The van der Waals surface area contributed by atoms with Crippen LogP contribution >= 0.6 is 11.6 Å². The molecule has 1 aromatic carbocycles. The topological polar surface area (TPSA) is 44.0 Å². The van der Waals surface area contributed by atoms with Crippen molar-refractivity contribution >= 4 is 23.0 Å². The first-order chi connectivity index (χ1) is 8.58. The predicted molar refractivity (Wildman–Crippen MR) is 76.4 cm³/mol. The van der Waals surface area contributed by atoms with Crippen LogP contribution in [0, 0.1) is 0 Å². The van der Waals surface area contributed by atoms with Crippen LogP contribution < -0.4 is 10.2 Å². The van der Waals surface area contributed by atoms with Crippen molar-refractivity contribution in [3.63, 3.8) is 0 Å². The van der Waals surface area contributed by atoms with Gasteiger partial charge >= 0.3 is 0 Å². The fourth-order valence-corrected chi connectivity index (χ4v) is 2.14. The maximum Gasteiger partial charge on any atom is 0.0659 e. The highest BCUT2D eigenvalue weighted by atomic mass is 35.5. The Kier molecular flexibility index (Phi) is 3.77. The quantitative estimate of drug-likeness (QED) is 0.891. The van der Waals surface area contributed by atoms with E-state index in [1.54, 1.807) is 6.20 Å². The van der Waals surface area contributed by atoms with E-state index in [0.29, 0.717) is 0 Å². The molecule has 5 heteroatoms. The van der Waals surface area contributed by atoms with E-state index in [1.165, 1.54) is 0 Å². The van der Waals surface area contributed by atoms with Crippen molar-refractivity contribution in [3.05, 3.63) is 41.2 Å². The van der Waals surface area contributed by atoms with Crippen LogP contribution in [0.3, 0.4) is 0 Å². The van der Waals surface area contributed by atoms with Gasteiger partial charge in [-0.3, -0.25) is 5.10 Å². The summed E-state index contributed by atoms with van der Waals surface area (Å²) in [4.78, 5) is 1.99. The minimum Gasteiger partial charge on any atom is -0.377 e. The lowest BCUT2D eigenvalue weighted by molar-refractivity contribution is 0.825. The lowest BCUT2D eigenvalue weighted by Crippen LogP contribution is -2.10. The van der Waals surface area contributed by atoms with Crippen molar-refractivity contribution in [1.29, 1.82) is 0 Å². The summed E-state index contributed by atoms with van der Waals surface area (Å²) in [5.41, 5.74) is 3.05. The highest BCUT2D eigenvalue weighted by Crippen LogP contribution is 2.28. The molecule has 1 aromatic heterocycles. The first kappa shape index (κ1) is 12.8. The van der Waals surface area contributed by atoms with Crippen LogP contribution in [-0.4, -0.2) is 24.3 Å². The van der Waals surface area contributed by atoms with Gasteiger partial charge in [-0.05, 0) is 31.2 Å². The zero-order valence-electron chi connectivity index (χ0n) is 10.7. The van der Waals surface area contributed by atoms with Crippen LogP contribution in [0.25, 0.3) is 0 Å². The number of rotatable bonds is 4. The van der Waals surface area contributed by atoms with Gasteiger partial charge in [0, 0.05) is 26.0 Å². The third kappa shape index (κ3) is 2.76. The molecule has 1 atom stereocenters. The third-order valence-corrected chi connectivity index (χ3v) is 3.10. The molecule has 2 N–H and O–H groups in total. The van der Waals surface area contributed by atoms with Crippen LogP contribution in [-0.2, 0) is 0 Å². The van der Waals surface area contributed by atoms with E-state index in [1.807, 2.05) is 43.3 Å². The molecule has 2 aromatic rings. The fraction of sp³-hybridized carbons (Fsp3) is 0.308. The lowest BCUT2D eigenvalue weighted by Gasteiger charge is -2.18. The van der Waals surface area contributed by atoms with Gasteiger partial charge in [-0.1, -0.05) is 11.6 Å². The van der Waals surface area contributed by atoms with Gasteiger partial charge in [0.05, 0.1) is 22.4 Å². The van der Waals surface area contributed by atoms with Gasteiger partial charge in [0.15, 0.2) is 0 Å². The lowest BCUT2D eigenvalue weighted by atomic mass is 10.2. The van der Waals surface area contributed by atoms with E-state index >= 15 is 0 Å². The molecule has 96 valence electrons. The van der Waals surface area contributed by atoms with Crippen molar-refractivity contribution in [3.8, 4) is 0 Å². The Labute approximate surface area is 112 Å². The maximum absolute atomic E-state index is 6.23. The zero-order chi connectivity index (χ0) is 13.1. The Morgan fingerprint density at radius 2 is 2.11 bits per heavy atom.